The highest BCUT2D eigenvalue weighted by Crippen LogP contribution is 2.27. The molecule has 0 fully saturated rings. The fourth-order valence-corrected chi connectivity index (χ4v) is 2.21. The van der Waals surface area contributed by atoms with E-state index in [4.69, 9.17) is 11.6 Å². The molecule has 0 spiro atoms. The first-order valence-electron chi connectivity index (χ1n) is 6.19. The molecule has 0 aliphatic rings. The number of nitrogens with zero attached hydrogens (tertiary/aromatic N) is 2. The van der Waals surface area contributed by atoms with Crippen molar-refractivity contribution >= 4 is 11.6 Å². The third-order valence-electron chi connectivity index (χ3n) is 3.00. The summed E-state index contributed by atoms with van der Waals surface area (Å²) in [7, 11) is 0. The van der Waals surface area contributed by atoms with E-state index in [1.54, 1.807) is 36.4 Å². The van der Waals surface area contributed by atoms with E-state index in [1.165, 1.54) is 18.2 Å². The smallest absolute Gasteiger partial charge is 0.218 e. The van der Waals surface area contributed by atoms with Crippen molar-refractivity contribution in [2.75, 3.05) is 0 Å². The van der Waals surface area contributed by atoms with Crippen molar-refractivity contribution < 1.29 is 8.78 Å². The van der Waals surface area contributed by atoms with Gasteiger partial charge in [0.2, 0.25) is 5.28 Å². The van der Waals surface area contributed by atoms with Gasteiger partial charge in [-0.05, 0) is 41.9 Å². The zero-order chi connectivity index (χ0) is 14.8. The van der Waals surface area contributed by atoms with Crippen molar-refractivity contribution in [3.8, 4) is 22.5 Å². The molecule has 0 amide bonds. The van der Waals surface area contributed by atoms with Gasteiger partial charge in [-0.3, -0.25) is 0 Å². The van der Waals surface area contributed by atoms with E-state index in [-0.39, 0.29) is 5.28 Å². The van der Waals surface area contributed by atoms with E-state index in [0.717, 1.165) is 0 Å². The summed E-state index contributed by atoms with van der Waals surface area (Å²) >= 11 is 5.89. The van der Waals surface area contributed by atoms with Crippen LogP contribution < -0.4 is 0 Å². The standard InChI is InChI=1S/C16H9ClF2N2/c17-16-20-14(10-5-1-3-7-12(10)18)9-15(21-16)11-6-2-4-8-13(11)19/h1-9H. The average Bonchev–Trinajstić information content (AvgIpc) is 2.47. The van der Waals surface area contributed by atoms with Crippen molar-refractivity contribution in [2.24, 2.45) is 0 Å². The van der Waals surface area contributed by atoms with Gasteiger partial charge in [-0.2, -0.15) is 0 Å². The van der Waals surface area contributed by atoms with Crippen molar-refractivity contribution in [1.82, 2.24) is 9.97 Å². The highest BCUT2D eigenvalue weighted by molar-refractivity contribution is 6.28. The van der Waals surface area contributed by atoms with Gasteiger partial charge in [0.1, 0.15) is 11.6 Å². The molecule has 3 rings (SSSR count). The van der Waals surface area contributed by atoms with Gasteiger partial charge in [0, 0.05) is 11.1 Å². The molecule has 0 atom stereocenters. The normalized spacial score (nSPS) is 10.6. The molecule has 0 N–H and O–H groups in total. The molecule has 0 aliphatic heterocycles. The van der Waals surface area contributed by atoms with Crippen molar-refractivity contribution in [3.05, 3.63) is 71.5 Å². The molecule has 2 aromatic carbocycles. The first-order chi connectivity index (χ1) is 10.1. The molecule has 0 bridgehead atoms. The quantitative estimate of drug-likeness (QED) is 0.639. The van der Waals surface area contributed by atoms with E-state index < -0.39 is 11.6 Å². The maximum atomic E-state index is 13.8. The van der Waals surface area contributed by atoms with Crippen molar-refractivity contribution in [2.45, 2.75) is 0 Å². The fraction of sp³-hybridized carbons (Fsp3) is 0. The van der Waals surface area contributed by atoms with Gasteiger partial charge in [0.25, 0.3) is 0 Å². The largest absolute Gasteiger partial charge is 0.223 e. The van der Waals surface area contributed by atoms with Crippen LogP contribution in [0.5, 0.6) is 0 Å². The van der Waals surface area contributed by atoms with E-state index in [0.29, 0.717) is 22.5 Å². The Labute approximate surface area is 125 Å². The second kappa shape index (κ2) is 5.58. The van der Waals surface area contributed by atoms with Gasteiger partial charge in [0.15, 0.2) is 0 Å². The molecule has 1 aromatic heterocycles. The molecule has 1 heterocycles. The highest BCUT2D eigenvalue weighted by Gasteiger charge is 2.12. The predicted octanol–water partition coefficient (Wildman–Crippen LogP) is 4.74. The van der Waals surface area contributed by atoms with Gasteiger partial charge in [-0.1, -0.05) is 24.3 Å². The van der Waals surface area contributed by atoms with Crippen molar-refractivity contribution in [1.29, 1.82) is 0 Å². The minimum atomic E-state index is -0.424. The lowest BCUT2D eigenvalue weighted by atomic mass is 10.1. The molecular weight excluding hydrogens is 294 g/mol. The Hall–Kier alpha value is -2.33. The lowest BCUT2D eigenvalue weighted by Crippen LogP contribution is -1.95. The minimum Gasteiger partial charge on any atom is -0.218 e. The third-order valence-corrected chi connectivity index (χ3v) is 3.17. The maximum Gasteiger partial charge on any atom is 0.223 e. The zero-order valence-electron chi connectivity index (χ0n) is 10.7. The monoisotopic (exact) mass is 302 g/mol. The summed E-state index contributed by atoms with van der Waals surface area (Å²) in [5.74, 6) is -0.849. The number of halogens is 3. The van der Waals surface area contributed by atoms with Gasteiger partial charge >= 0.3 is 0 Å². The Morgan fingerprint density at radius 3 is 1.57 bits per heavy atom. The summed E-state index contributed by atoms with van der Waals surface area (Å²) in [5.41, 5.74) is 1.21. The second-order valence-corrected chi connectivity index (χ2v) is 4.71. The van der Waals surface area contributed by atoms with Crippen LogP contribution in [0.15, 0.2) is 54.6 Å². The summed E-state index contributed by atoms with van der Waals surface area (Å²) in [6.07, 6.45) is 0. The van der Waals surface area contributed by atoms with Gasteiger partial charge < -0.3 is 0 Å². The van der Waals surface area contributed by atoms with Crippen LogP contribution in [0.25, 0.3) is 22.5 Å². The predicted molar refractivity (Wildman–Crippen MR) is 77.8 cm³/mol. The number of hydrogen-bond donors (Lipinski definition) is 0. The second-order valence-electron chi connectivity index (χ2n) is 4.37. The molecule has 0 radical (unpaired) electrons. The minimum absolute atomic E-state index is 0.0611. The molecule has 21 heavy (non-hydrogen) atoms. The number of benzene rings is 2. The van der Waals surface area contributed by atoms with Crippen molar-refractivity contribution in [3.63, 3.8) is 0 Å². The van der Waals surface area contributed by atoms with E-state index in [9.17, 15) is 8.78 Å². The van der Waals surface area contributed by atoms with Gasteiger partial charge in [0.05, 0.1) is 11.4 Å². The van der Waals surface area contributed by atoms with E-state index in [2.05, 4.69) is 9.97 Å². The molecule has 5 heteroatoms. The Morgan fingerprint density at radius 1 is 0.714 bits per heavy atom. The first-order valence-corrected chi connectivity index (χ1v) is 6.57. The zero-order valence-corrected chi connectivity index (χ0v) is 11.5. The average molecular weight is 303 g/mol. The lowest BCUT2D eigenvalue weighted by Gasteiger charge is -2.07. The maximum absolute atomic E-state index is 13.8. The Kier molecular flexibility index (Phi) is 3.62. The van der Waals surface area contributed by atoms with Crippen LogP contribution >= 0.6 is 11.6 Å². The SMILES string of the molecule is Fc1ccccc1-c1cc(-c2ccccc2F)nc(Cl)n1. The van der Waals surface area contributed by atoms with Crippen LogP contribution in [-0.4, -0.2) is 9.97 Å². The van der Waals surface area contributed by atoms with Crippen LogP contribution in [0.1, 0.15) is 0 Å². The Bertz CT molecular complexity index is 742. The summed E-state index contributed by atoms with van der Waals surface area (Å²) in [5, 5.41) is -0.0611. The molecule has 0 unspecified atom stereocenters. The number of aromatic nitrogens is 2. The van der Waals surface area contributed by atoms with Crippen LogP contribution in [0, 0.1) is 11.6 Å². The Balaban J connectivity index is 2.18. The molecule has 0 saturated carbocycles. The van der Waals surface area contributed by atoms with Crippen LogP contribution in [0.3, 0.4) is 0 Å². The summed E-state index contributed by atoms with van der Waals surface area (Å²) in [4.78, 5) is 8.02. The Morgan fingerprint density at radius 2 is 1.14 bits per heavy atom. The van der Waals surface area contributed by atoms with Crippen LogP contribution in [0.4, 0.5) is 8.78 Å². The fourth-order valence-electron chi connectivity index (χ4n) is 2.03. The van der Waals surface area contributed by atoms with Crippen LogP contribution in [-0.2, 0) is 0 Å². The molecule has 3 aromatic rings. The number of hydrogen-bond acceptors (Lipinski definition) is 2. The molecular formula is C16H9ClF2N2. The number of rotatable bonds is 2. The molecule has 104 valence electrons. The van der Waals surface area contributed by atoms with Gasteiger partial charge in [-0.15, -0.1) is 0 Å². The summed E-state index contributed by atoms with van der Waals surface area (Å²) < 4.78 is 27.7. The summed E-state index contributed by atoms with van der Waals surface area (Å²) in [6, 6.07) is 13.9. The topological polar surface area (TPSA) is 25.8 Å². The first kappa shape index (κ1) is 13.6. The highest BCUT2D eigenvalue weighted by atomic mass is 35.5. The van der Waals surface area contributed by atoms with E-state index >= 15 is 0 Å². The third kappa shape index (κ3) is 2.76. The molecule has 0 saturated heterocycles. The summed E-state index contributed by atoms with van der Waals surface area (Å²) in [6.45, 7) is 0. The van der Waals surface area contributed by atoms with E-state index in [1.807, 2.05) is 0 Å². The van der Waals surface area contributed by atoms with Crippen LogP contribution in [0.2, 0.25) is 5.28 Å². The molecule has 2 nitrogen and oxygen atoms in total. The van der Waals surface area contributed by atoms with Gasteiger partial charge in [-0.25, -0.2) is 18.7 Å². The molecule has 0 aliphatic carbocycles. The lowest BCUT2D eigenvalue weighted by molar-refractivity contribution is 0.630.